The highest BCUT2D eigenvalue weighted by molar-refractivity contribution is 6.17. The van der Waals surface area contributed by atoms with Crippen molar-refractivity contribution in [1.82, 2.24) is 0 Å². The maximum Gasteiger partial charge on any atom is 0.168 e. The molecule has 0 N–H and O–H groups in total. The van der Waals surface area contributed by atoms with Crippen LogP contribution in [0.1, 0.15) is 27.2 Å². The van der Waals surface area contributed by atoms with Crippen LogP contribution < -0.4 is 0 Å². The van der Waals surface area contributed by atoms with Gasteiger partial charge in [-0.3, -0.25) is 9.59 Å². The van der Waals surface area contributed by atoms with E-state index in [2.05, 4.69) is 6.92 Å². The van der Waals surface area contributed by atoms with Gasteiger partial charge in [0.2, 0.25) is 0 Å². The number of Topliss-reactive ketones (excluding diaryl/α,β-unsaturated/α-hetero) is 1. The van der Waals surface area contributed by atoms with Crippen LogP contribution in [0.25, 0.3) is 0 Å². The molecule has 2 aliphatic rings. The quantitative estimate of drug-likeness (QED) is 0.529. The van der Waals surface area contributed by atoms with E-state index in [0.717, 1.165) is 12.0 Å². The molecule has 13 heavy (non-hydrogen) atoms. The van der Waals surface area contributed by atoms with E-state index in [9.17, 15) is 9.59 Å². The molecule has 3 atom stereocenters. The van der Waals surface area contributed by atoms with E-state index in [1.165, 1.54) is 0 Å². The van der Waals surface area contributed by atoms with Gasteiger partial charge in [-0.25, -0.2) is 0 Å². The Morgan fingerprint density at radius 2 is 2.08 bits per heavy atom. The molecule has 0 spiro atoms. The van der Waals surface area contributed by atoms with Crippen LogP contribution in [0.15, 0.2) is 11.6 Å². The number of carbonyl (C=O) groups is 2. The fourth-order valence-corrected chi connectivity index (χ4v) is 2.80. The maximum absolute atomic E-state index is 11.9. The smallest absolute Gasteiger partial charge is 0.168 e. The highest BCUT2D eigenvalue weighted by atomic mass is 16.2. The summed E-state index contributed by atoms with van der Waals surface area (Å²) in [6, 6.07) is 0. The summed E-state index contributed by atoms with van der Waals surface area (Å²) in [5, 5.41) is 0. The monoisotopic (exact) mass is 178 g/mol. The highest BCUT2D eigenvalue weighted by Crippen LogP contribution is 2.49. The van der Waals surface area contributed by atoms with Crippen molar-refractivity contribution in [1.29, 1.82) is 0 Å². The Kier molecular flexibility index (Phi) is 1.54. The van der Waals surface area contributed by atoms with Crippen LogP contribution in [-0.4, -0.2) is 11.6 Å². The first-order chi connectivity index (χ1) is 5.97. The molecule has 1 saturated carbocycles. The second-order valence-electron chi connectivity index (χ2n) is 4.61. The van der Waals surface area contributed by atoms with E-state index >= 15 is 0 Å². The zero-order chi connectivity index (χ0) is 9.80. The predicted molar refractivity (Wildman–Crippen MR) is 49.1 cm³/mol. The lowest BCUT2D eigenvalue weighted by molar-refractivity contribution is -0.136. The molecule has 2 aliphatic carbocycles. The minimum Gasteiger partial charge on any atom is -0.298 e. The largest absolute Gasteiger partial charge is 0.298 e. The molecule has 0 amide bonds. The Morgan fingerprint density at radius 3 is 2.69 bits per heavy atom. The number of fused-ring (bicyclic) bond motifs is 2. The number of rotatable bonds is 0. The minimum atomic E-state index is -0.691. The van der Waals surface area contributed by atoms with E-state index in [-0.39, 0.29) is 17.5 Å². The second kappa shape index (κ2) is 2.31. The third-order valence-corrected chi connectivity index (χ3v) is 3.52. The fourth-order valence-electron chi connectivity index (χ4n) is 2.80. The first kappa shape index (κ1) is 8.67. The molecule has 3 unspecified atom stereocenters. The summed E-state index contributed by atoms with van der Waals surface area (Å²) in [5.41, 5.74) is 0.265. The molecule has 2 rings (SSSR count). The Labute approximate surface area is 78.0 Å². The van der Waals surface area contributed by atoms with Crippen LogP contribution in [0, 0.1) is 17.3 Å². The van der Waals surface area contributed by atoms with Gasteiger partial charge in [0.25, 0.3) is 0 Å². The van der Waals surface area contributed by atoms with Gasteiger partial charge in [-0.1, -0.05) is 12.5 Å². The number of hydrogen-bond donors (Lipinski definition) is 0. The van der Waals surface area contributed by atoms with Crippen molar-refractivity contribution in [3.63, 3.8) is 0 Å². The standard InChI is InChI=1S/C11H14O2/c1-6-4-8(12)11(3)5-7(2)9(6)10(11)13/h4,7,9H,5H2,1-3H3. The van der Waals surface area contributed by atoms with Crippen molar-refractivity contribution in [3.05, 3.63) is 11.6 Å². The molecule has 70 valence electrons. The van der Waals surface area contributed by atoms with E-state index in [4.69, 9.17) is 0 Å². The van der Waals surface area contributed by atoms with Crippen molar-refractivity contribution in [2.24, 2.45) is 17.3 Å². The molecule has 2 nitrogen and oxygen atoms in total. The summed E-state index contributed by atoms with van der Waals surface area (Å²) in [6.45, 7) is 5.74. The molecule has 0 aliphatic heterocycles. The van der Waals surface area contributed by atoms with Gasteiger partial charge in [-0.05, 0) is 32.3 Å². The molecule has 1 fully saturated rings. The zero-order valence-corrected chi connectivity index (χ0v) is 8.26. The Bertz CT molecular complexity index is 327. The molecule has 0 aromatic rings. The zero-order valence-electron chi connectivity index (χ0n) is 8.26. The van der Waals surface area contributed by atoms with Crippen LogP contribution in [-0.2, 0) is 9.59 Å². The van der Waals surface area contributed by atoms with Gasteiger partial charge in [0.1, 0.15) is 0 Å². The molecule has 0 heterocycles. The van der Waals surface area contributed by atoms with E-state index in [0.29, 0.717) is 5.92 Å². The third-order valence-electron chi connectivity index (χ3n) is 3.52. The van der Waals surface area contributed by atoms with Gasteiger partial charge in [-0.15, -0.1) is 0 Å². The first-order valence-corrected chi connectivity index (χ1v) is 4.74. The van der Waals surface area contributed by atoms with Crippen LogP contribution in [0.2, 0.25) is 0 Å². The minimum absolute atomic E-state index is 0.00981. The van der Waals surface area contributed by atoms with Gasteiger partial charge in [-0.2, -0.15) is 0 Å². The summed E-state index contributed by atoms with van der Waals surface area (Å²) < 4.78 is 0. The number of hydrogen-bond acceptors (Lipinski definition) is 2. The lowest BCUT2D eigenvalue weighted by Gasteiger charge is -2.24. The second-order valence-corrected chi connectivity index (χ2v) is 4.61. The van der Waals surface area contributed by atoms with Crippen molar-refractivity contribution in [3.8, 4) is 0 Å². The molecule has 2 heteroatoms. The van der Waals surface area contributed by atoms with E-state index < -0.39 is 5.41 Å². The number of allylic oxidation sites excluding steroid dienone is 2. The molecule has 2 bridgehead atoms. The van der Waals surface area contributed by atoms with Gasteiger partial charge in [0.15, 0.2) is 11.6 Å². The molecular weight excluding hydrogens is 164 g/mol. The number of ketones is 2. The highest BCUT2D eigenvalue weighted by Gasteiger charge is 2.55. The van der Waals surface area contributed by atoms with Crippen LogP contribution in [0.4, 0.5) is 0 Å². The normalized spacial score (nSPS) is 43.8. The van der Waals surface area contributed by atoms with E-state index in [1.807, 2.05) is 6.92 Å². The Morgan fingerprint density at radius 1 is 1.46 bits per heavy atom. The average molecular weight is 178 g/mol. The topological polar surface area (TPSA) is 34.1 Å². The average Bonchev–Trinajstić information content (AvgIpc) is 2.18. The fraction of sp³-hybridized carbons (Fsp3) is 0.636. The van der Waals surface area contributed by atoms with Crippen LogP contribution in [0.5, 0.6) is 0 Å². The molecule has 0 saturated heterocycles. The summed E-state index contributed by atoms with van der Waals surface area (Å²) >= 11 is 0. The Hall–Kier alpha value is -0.920. The predicted octanol–water partition coefficient (Wildman–Crippen LogP) is 1.75. The van der Waals surface area contributed by atoms with Crippen LogP contribution >= 0.6 is 0 Å². The molecular formula is C11H14O2. The number of carbonyl (C=O) groups excluding carboxylic acids is 2. The van der Waals surface area contributed by atoms with Crippen LogP contribution in [0.3, 0.4) is 0 Å². The summed E-state index contributed by atoms with van der Waals surface area (Å²) in [7, 11) is 0. The molecule has 0 aromatic heterocycles. The molecule has 0 aromatic carbocycles. The van der Waals surface area contributed by atoms with Gasteiger partial charge in [0, 0.05) is 5.92 Å². The summed E-state index contributed by atoms with van der Waals surface area (Å²) in [4.78, 5) is 23.5. The molecule has 0 radical (unpaired) electrons. The SMILES string of the molecule is CC1=CC(=O)C2(C)CC(C)C1C2=O. The van der Waals surface area contributed by atoms with Crippen molar-refractivity contribution >= 4 is 11.6 Å². The Balaban J connectivity index is 2.57. The summed E-state index contributed by atoms with van der Waals surface area (Å²) in [6.07, 6.45) is 2.39. The maximum atomic E-state index is 11.9. The summed E-state index contributed by atoms with van der Waals surface area (Å²) in [5.74, 6) is 0.503. The third kappa shape index (κ3) is 0.888. The lowest BCUT2D eigenvalue weighted by Crippen LogP contribution is -2.36. The van der Waals surface area contributed by atoms with Crippen molar-refractivity contribution in [2.45, 2.75) is 27.2 Å². The van der Waals surface area contributed by atoms with Gasteiger partial charge in [0.05, 0.1) is 5.41 Å². The lowest BCUT2D eigenvalue weighted by atomic mass is 9.76. The van der Waals surface area contributed by atoms with Crippen molar-refractivity contribution in [2.75, 3.05) is 0 Å². The van der Waals surface area contributed by atoms with Gasteiger partial charge < -0.3 is 0 Å². The van der Waals surface area contributed by atoms with Gasteiger partial charge >= 0.3 is 0 Å². The first-order valence-electron chi connectivity index (χ1n) is 4.74. The van der Waals surface area contributed by atoms with Crippen molar-refractivity contribution < 1.29 is 9.59 Å². The van der Waals surface area contributed by atoms with E-state index in [1.54, 1.807) is 13.0 Å².